The van der Waals surface area contributed by atoms with Gasteiger partial charge in [-0.3, -0.25) is 9.59 Å². The number of hydrogen-bond acceptors (Lipinski definition) is 4. The number of hydrogen-bond donors (Lipinski definition) is 1. The Morgan fingerprint density at radius 3 is 2.33 bits per heavy atom. The molecule has 0 unspecified atom stereocenters. The van der Waals surface area contributed by atoms with Crippen LogP contribution >= 0.6 is 0 Å². The summed E-state index contributed by atoms with van der Waals surface area (Å²) >= 11 is 0. The Morgan fingerprint density at radius 1 is 1.03 bits per heavy atom. The smallest absolute Gasteiger partial charge is 0.411 e. The first-order valence-electron chi connectivity index (χ1n) is 9.07. The third-order valence-electron chi connectivity index (χ3n) is 3.97. The predicted octanol–water partition coefficient (Wildman–Crippen LogP) is 3.16. The van der Waals surface area contributed by atoms with Crippen LogP contribution in [0, 0.1) is 0 Å². The van der Waals surface area contributed by atoms with Crippen molar-refractivity contribution in [3.63, 3.8) is 0 Å². The minimum atomic E-state index is -4.35. The number of alkyl halides is 3. The molecule has 0 aliphatic carbocycles. The Kier molecular flexibility index (Phi) is 8.23. The SMILES string of the molecule is CN(C)C(=O)COc1cccc(C(=O)NCc2ccc(COCC(F)(F)F)cc2)c1. The molecular formula is C21H23F3N2O4. The van der Waals surface area contributed by atoms with Crippen LogP contribution in [0.15, 0.2) is 48.5 Å². The maximum atomic E-state index is 12.4. The van der Waals surface area contributed by atoms with E-state index in [4.69, 9.17) is 4.74 Å². The molecule has 0 fully saturated rings. The molecule has 0 aromatic heterocycles. The highest BCUT2D eigenvalue weighted by molar-refractivity contribution is 5.94. The van der Waals surface area contributed by atoms with Gasteiger partial charge in [-0.1, -0.05) is 30.3 Å². The summed E-state index contributed by atoms with van der Waals surface area (Å²) in [5.41, 5.74) is 1.76. The van der Waals surface area contributed by atoms with Crippen LogP contribution in [-0.2, 0) is 22.7 Å². The van der Waals surface area contributed by atoms with Gasteiger partial charge in [0.1, 0.15) is 12.4 Å². The Labute approximate surface area is 172 Å². The topological polar surface area (TPSA) is 67.9 Å². The van der Waals surface area contributed by atoms with Gasteiger partial charge in [0.15, 0.2) is 6.61 Å². The van der Waals surface area contributed by atoms with Gasteiger partial charge >= 0.3 is 6.18 Å². The first-order chi connectivity index (χ1) is 14.1. The van der Waals surface area contributed by atoms with Crippen molar-refractivity contribution < 1.29 is 32.2 Å². The average Bonchev–Trinajstić information content (AvgIpc) is 2.70. The number of amides is 2. The highest BCUT2D eigenvalue weighted by atomic mass is 19.4. The number of benzene rings is 2. The van der Waals surface area contributed by atoms with Crippen LogP contribution in [-0.4, -0.2) is 50.2 Å². The average molecular weight is 424 g/mol. The van der Waals surface area contributed by atoms with Gasteiger partial charge in [0.2, 0.25) is 0 Å². The van der Waals surface area contributed by atoms with Gasteiger partial charge in [0.25, 0.3) is 11.8 Å². The van der Waals surface area contributed by atoms with Gasteiger partial charge in [-0.2, -0.15) is 13.2 Å². The maximum absolute atomic E-state index is 12.4. The Morgan fingerprint density at radius 2 is 1.70 bits per heavy atom. The third-order valence-corrected chi connectivity index (χ3v) is 3.97. The number of nitrogens with zero attached hydrogens (tertiary/aromatic N) is 1. The number of halogens is 3. The molecule has 2 rings (SSSR count). The van der Waals surface area contributed by atoms with Crippen LogP contribution in [0.3, 0.4) is 0 Å². The fraction of sp³-hybridized carbons (Fsp3) is 0.333. The van der Waals surface area contributed by atoms with Crippen LogP contribution in [0.1, 0.15) is 21.5 Å². The van der Waals surface area contributed by atoms with E-state index >= 15 is 0 Å². The molecule has 2 amide bonds. The lowest BCUT2D eigenvalue weighted by Crippen LogP contribution is -2.27. The van der Waals surface area contributed by atoms with Crippen molar-refractivity contribution in [2.75, 3.05) is 27.3 Å². The lowest BCUT2D eigenvalue weighted by molar-refractivity contribution is -0.176. The first kappa shape index (κ1) is 23.2. The number of carbonyl (C=O) groups excluding carboxylic acids is 2. The zero-order valence-electron chi connectivity index (χ0n) is 16.7. The van der Waals surface area contributed by atoms with E-state index in [9.17, 15) is 22.8 Å². The highest BCUT2D eigenvalue weighted by Gasteiger charge is 2.27. The van der Waals surface area contributed by atoms with E-state index < -0.39 is 12.8 Å². The van der Waals surface area contributed by atoms with Crippen LogP contribution in [0.25, 0.3) is 0 Å². The molecule has 0 saturated carbocycles. The summed E-state index contributed by atoms with van der Waals surface area (Å²) in [7, 11) is 3.25. The van der Waals surface area contributed by atoms with Crippen molar-refractivity contribution >= 4 is 11.8 Å². The fourth-order valence-corrected chi connectivity index (χ4v) is 2.32. The number of rotatable bonds is 9. The quantitative estimate of drug-likeness (QED) is 0.672. The molecule has 2 aromatic carbocycles. The standard InChI is InChI=1S/C21H23F3N2O4/c1-26(2)19(27)13-30-18-5-3-4-17(10-18)20(28)25-11-15-6-8-16(9-7-15)12-29-14-21(22,23)24/h3-10H,11-14H2,1-2H3,(H,25,28). The summed E-state index contributed by atoms with van der Waals surface area (Å²) in [6.07, 6.45) is -4.35. The van der Waals surface area contributed by atoms with Gasteiger partial charge in [-0.25, -0.2) is 0 Å². The summed E-state index contributed by atoms with van der Waals surface area (Å²) in [6, 6.07) is 13.2. The van der Waals surface area contributed by atoms with E-state index in [-0.39, 0.29) is 31.6 Å². The minimum Gasteiger partial charge on any atom is -0.484 e. The molecule has 0 radical (unpaired) electrons. The molecule has 0 saturated heterocycles. The van der Waals surface area contributed by atoms with Crippen molar-refractivity contribution in [3.8, 4) is 5.75 Å². The normalized spacial score (nSPS) is 11.1. The van der Waals surface area contributed by atoms with E-state index in [1.807, 2.05) is 0 Å². The molecule has 0 atom stereocenters. The largest absolute Gasteiger partial charge is 0.484 e. The second-order valence-corrected chi connectivity index (χ2v) is 6.71. The van der Waals surface area contributed by atoms with E-state index in [0.717, 1.165) is 5.56 Å². The Hall–Kier alpha value is -3.07. The molecule has 9 heteroatoms. The second kappa shape index (κ2) is 10.6. The molecule has 0 bridgehead atoms. The molecule has 1 N–H and O–H groups in total. The van der Waals surface area contributed by atoms with Gasteiger partial charge in [0.05, 0.1) is 6.61 Å². The van der Waals surface area contributed by atoms with Crippen molar-refractivity contribution in [2.24, 2.45) is 0 Å². The zero-order valence-corrected chi connectivity index (χ0v) is 16.7. The van der Waals surface area contributed by atoms with Gasteiger partial charge < -0.3 is 19.7 Å². The van der Waals surface area contributed by atoms with Crippen molar-refractivity contribution in [1.82, 2.24) is 10.2 Å². The third kappa shape index (κ3) is 8.12. The minimum absolute atomic E-state index is 0.128. The Bertz CT molecular complexity index is 852. The monoisotopic (exact) mass is 424 g/mol. The summed E-state index contributed by atoms with van der Waals surface area (Å²) in [5.74, 6) is -0.116. The van der Waals surface area contributed by atoms with E-state index in [1.54, 1.807) is 62.6 Å². The molecule has 2 aromatic rings. The van der Waals surface area contributed by atoms with Gasteiger partial charge in [-0.15, -0.1) is 0 Å². The first-order valence-corrected chi connectivity index (χ1v) is 9.07. The summed E-state index contributed by atoms with van der Waals surface area (Å²) < 4.78 is 46.3. The fourth-order valence-electron chi connectivity index (χ4n) is 2.32. The summed E-state index contributed by atoms with van der Waals surface area (Å²) in [5, 5.41) is 2.76. The van der Waals surface area contributed by atoms with Crippen molar-refractivity contribution in [1.29, 1.82) is 0 Å². The number of ether oxygens (including phenoxy) is 2. The van der Waals surface area contributed by atoms with Crippen LogP contribution in [0.4, 0.5) is 13.2 Å². The molecule has 0 heterocycles. The highest BCUT2D eigenvalue weighted by Crippen LogP contribution is 2.16. The van der Waals surface area contributed by atoms with E-state index in [1.165, 1.54) is 4.90 Å². The molecule has 0 spiro atoms. The van der Waals surface area contributed by atoms with E-state index in [0.29, 0.717) is 16.9 Å². The summed E-state index contributed by atoms with van der Waals surface area (Å²) in [6.45, 7) is -1.32. The lowest BCUT2D eigenvalue weighted by Gasteiger charge is -2.12. The maximum Gasteiger partial charge on any atom is 0.411 e. The summed E-state index contributed by atoms with van der Waals surface area (Å²) in [4.78, 5) is 25.3. The molecule has 0 aliphatic heterocycles. The lowest BCUT2D eigenvalue weighted by atomic mass is 10.1. The zero-order chi connectivity index (χ0) is 22.1. The molecule has 30 heavy (non-hydrogen) atoms. The van der Waals surface area contributed by atoms with Crippen molar-refractivity contribution in [3.05, 3.63) is 65.2 Å². The molecule has 162 valence electrons. The number of carbonyl (C=O) groups is 2. The van der Waals surface area contributed by atoms with Crippen LogP contribution < -0.4 is 10.1 Å². The van der Waals surface area contributed by atoms with Gasteiger partial charge in [0, 0.05) is 26.2 Å². The number of nitrogens with one attached hydrogen (secondary N) is 1. The molecule has 6 nitrogen and oxygen atoms in total. The van der Waals surface area contributed by atoms with Gasteiger partial charge in [-0.05, 0) is 29.3 Å². The molecular weight excluding hydrogens is 401 g/mol. The Balaban J connectivity index is 1.84. The van der Waals surface area contributed by atoms with Crippen LogP contribution in [0.2, 0.25) is 0 Å². The van der Waals surface area contributed by atoms with Crippen molar-refractivity contribution in [2.45, 2.75) is 19.3 Å². The number of likely N-dealkylation sites (N-methyl/N-ethyl adjacent to an activating group) is 1. The predicted molar refractivity (Wildman–Crippen MR) is 104 cm³/mol. The molecule has 0 aliphatic rings. The van der Waals surface area contributed by atoms with E-state index in [2.05, 4.69) is 10.1 Å². The second-order valence-electron chi connectivity index (χ2n) is 6.71. The van der Waals surface area contributed by atoms with Crippen LogP contribution in [0.5, 0.6) is 5.75 Å².